The van der Waals surface area contributed by atoms with Gasteiger partial charge in [-0.3, -0.25) is 10.4 Å². The minimum Gasteiger partial charge on any atom is -0.385 e. The maximum atomic E-state index is 5.32. The summed E-state index contributed by atoms with van der Waals surface area (Å²) in [6, 6.07) is 0.307. The first-order valence-corrected chi connectivity index (χ1v) is 5.01. The highest BCUT2D eigenvalue weighted by atomic mass is 16.5. The maximum absolute atomic E-state index is 5.32. The Morgan fingerprint density at radius 1 is 1.57 bits per heavy atom. The Morgan fingerprint density at radius 3 is 2.79 bits per heavy atom. The molecule has 1 unspecified atom stereocenters. The van der Waals surface area contributed by atoms with Crippen LogP contribution in [0.2, 0.25) is 0 Å². The Balaban J connectivity index is 3.79. The minimum atomic E-state index is 0.307. The highest BCUT2D eigenvalue weighted by Gasteiger charge is 2.03. The number of guanidine groups is 1. The molecule has 0 radical (unpaired) electrons. The van der Waals surface area contributed by atoms with Crippen molar-refractivity contribution in [2.45, 2.75) is 32.7 Å². The van der Waals surface area contributed by atoms with Gasteiger partial charge in [0.25, 0.3) is 0 Å². The average molecular weight is 202 g/mol. The van der Waals surface area contributed by atoms with Crippen LogP contribution in [-0.2, 0) is 4.74 Å². The number of nitrogens with two attached hydrogens (primary N) is 1. The molecule has 0 aliphatic rings. The van der Waals surface area contributed by atoms with Gasteiger partial charge in [-0.25, -0.2) is 5.84 Å². The van der Waals surface area contributed by atoms with Crippen molar-refractivity contribution in [3.8, 4) is 0 Å². The fraction of sp³-hybridized carbons (Fsp3) is 0.889. The van der Waals surface area contributed by atoms with Gasteiger partial charge in [0.15, 0.2) is 0 Å². The molecule has 0 heterocycles. The zero-order valence-electron chi connectivity index (χ0n) is 9.34. The molecule has 0 aliphatic carbocycles. The molecule has 1 atom stereocenters. The van der Waals surface area contributed by atoms with Gasteiger partial charge >= 0.3 is 0 Å². The van der Waals surface area contributed by atoms with Gasteiger partial charge in [0.1, 0.15) is 0 Å². The summed E-state index contributed by atoms with van der Waals surface area (Å²) in [5.74, 6) is 5.96. The predicted octanol–water partition coefficient (Wildman–Crippen LogP) is 0.230. The van der Waals surface area contributed by atoms with Crippen molar-refractivity contribution in [2.24, 2.45) is 10.8 Å². The standard InChI is InChI=1S/C9H22N4O/c1-4-6-11-9(13-10)12-8(2)5-7-14-3/h8H,4-7,10H2,1-3H3,(H2,11,12,13). The Hall–Kier alpha value is -0.810. The topological polar surface area (TPSA) is 71.7 Å². The second-order valence-corrected chi connectivity index (χ2v) is 3.20. The van der Waals surface area contributed by atoms with E-state index in [1.165, 1.54) is 0 Å². The summed E-state index contributed by atoms with van der Waals surface area (Å²) >= 11 is 0. The summed E-state index contributed by atoms with van der Waals surface area (Å²) in [6.45, 7) is 5.66. The molecule has 84 valence electrons. The van der Waals surface area contributed by atoms with E-state index in [1.54, 1.807) is 7.11 Å². The van der Waals surface area contributed by atoms with Crippen LogP contribution >= 0.6 is 0 Å². The molecule has 0 saturated heterocycles. The van der Waals surface area contributed by atoms with Crippen LogP contribution in [-0.4, -0.2) is 32.3 Å². The van der Waals surface area contributed by atoms with Gasteiger partial charge in [0.05, 0.1) is 0 Å². The van der Waals surface area contributed by atoms with Crippen LogP contribution in [0, 0.1) is 0 Å². The molecular weight excluding hydrogens is 180 g/mol. The van der Waals surface area contributed by atoms with Crippen molar-refractivity contribution < 1.29 is 4.74 Å². The molecule has 0 aliphatic heterocycles. The van der Waals surface area contributed by atoms with E-state index in [0.29, 0.717) is 12.0 Å². The summed E-state index contributed by atoms with van der Waals surface area (Å²) in [7, 11) is 1.69. The molecule has 0 aromatic carbocycles. The van der Waals surface area contributed by atoms with Crippen LogP contribution < -0.4 is 16.6 Å². The third kappa shape index (κ3) is 6.68. The summed E-state index contributed by atoms with van der Waals surface area (Å²) in [4.78, 5) is 4.24. The lowest BCUT2D eigenvalue weighted by Crippen LogP contribution is -2.45. The maximum Gasteiger partial charge on any atom is 0.205 e. The smallest absolute Gasteiger partial charge is 0.205 e. The zero-order valence-corrected chi connectivity index (χ0v) is 9.34. The van der Waals surface area contributed by atoms with E-state index in [-0.39, 0.29) is 0 Å². The van der Waals surface area contributed by atoms with Crippen LogP contribution in [0.3, 0.4) is 0 Å². The molecule has 5 heteroatoms. The first-order chi connectivity index (χ1) is 6.74. The van der Waals surface area contributed by atoms with Crippen LogP contribution in [0.5, 0.6) is 0 Å². The van der Waals surface area contributed by atoms with Crippen molar-refractivity contribution in [3.05, 3.63) is 0 Å². The number of hydrazine groups is 1. The van der Waals surface area contributed by atoms with E-state index in [9.17, 15) is 0 Å². The average Bonchev–Trinajstić information content (AvgIpc) is 2.21. The van der Waals surface area contributed by atoms with Crippen LogP contribution in [0.1, 0.15) is 26.7 Å². The number of ether oxygens (including phenoxy) is 1. The summed E-state index contributed by atoms with van der Waals surface area (Å²) in [6.07, 6.45) is 1.95. The van der Waals surface area contributed by atoms with Gasteiger partial charge in [-0.2, -0.15) is 0 Å². The van der Waals surface area contributed by atoms with Gasteiger partial charge in [0, 0.05) is 26.3 Å². The van der Waals surface area contributed by atoms with Crippen molar-refractivity contribution >= 4 is 5.96 Å². The SMILES string of the molecule is CCCN=C(NN)NC(C)CCOC. The fourth-order valence-corrected chi connectivity index (χ4v) is 0.957. The summed E-state index contributed by atoms with van der Waals surface area (Å²) in [5, 5.41) is 3.17. The number of nitrogens with zero attached hydrogens (tertiary/aromatic N) is 1. The van der Waals surface area contributed by atoms with Crippen LogP contribution in [0.15, 0.2) is 4.99 Å². The van der Waals surface area contributed by atoms with E-state index in [4.69, 9.17) is 10.6 Å². The molecule has 5 nitrogen and oxygen atoms in total. The third-order valence-corrected chi connectivity index (χ3v) is 1.77. The Labute approximate surface area is 86.1 Å². The molecule has 0 fully saturated rings. The molecule has 0 bridgehead atoms. The Kier molecular flexibility index (Phi) is 8.27. The van der Waals surface area contributed by atoms with Crippen molar-refractivity contribution in [2.75, 3.05) is 20.3 Å². The van der Waals surface area contributed by atoms with E-state index < -0.39 is 0 Å². The molecule has 4 N–H and O–H groups in total. The van der Waals surface area contributed by atoms with E-state index >= 15 is 0 Å². The number of rotatable bonds is 6. The van der Waals surface area contributed by atoms with E-state index in [0.717, 1.165) is 26.0 Å². The minimum absolute atomic E-state index is 0.307. The predicted molar refractivity (Wildman–Crippen MR) is 59.0 cm³/mol. The van der Waals surface area contributed by atoms with Crippen molar-refractivity contribution in [1.29, 1.82) is 0 Å². The lowest BCUT2D eigenvalue weighted by molar-refractivity contribution is 0.187. The molecule has 0 spiro atoms. The third-order valence-electron chi connectivity index (χ3n) is 1.77. The van der Waals surface area contributed by atoms with Gasteiger partial charge in [-0.15, -0.1) is 0 Å². The molecule has 0 saturated carbocycles. The molecular formula is C9H22N4O. The second kappa shape index (κ2) is 8.77. The lowest BCUT2D eigenvalue weighted by Gasteiger charge is -2.15. The highest BCUT2D eigenvalue weighted by Crippen LogP contribution is 1.90. The second-order valence-electron chi connectivity index (χ2n) is 3.20. The quantitative estimate of drug-likeness (QED) is 0.249. The molecule has 14 heavy (non-hydrogen) atoms. The Morgan fingerprint density at radius 2 is 2.29 bits per heavy atom. The summed E-state index contributed by atoms with van der Waals surface area (Å²) in [5.41, 5.74) is 2.54. The van der Waals surface area contributed by atoms with Gasteiger partial charge in [-0.05, 0) is 19.8 Å². The van der Waals surface area contributed by atoms with E-state index in [1.807, 2.05) is 0 Å². The first kappa shape index (κ1) is 13.2. The molecule has 0 aromatic rings. The molecule has 0 aromatic heterocycles. The fourth-order valence-electron chi connectivity index (χ4n) is 0.957. The van der Waals surface area contributed by atoms with Crippen molar-refractivity contribution in [1.82, 2.24) is 10.7 Å². The zero-order chi connectivity index (χ0) is 10.8. The highest BCUT2D eigenvalue weighted by molar-refractivity contribution is 5.79. The van der Waals surface area contributed by atoms with Crippen LogP contribution in [0.4, 0.5) is 0 Å². The van der Waals surface area contributed by atoms with E-state index in [2.05, 4.69) is 29.6 Å². The number of nitrogens with one attached hydrogen (secondary N) is 2. The normalized spacial score (nSPS) is 13.9. The number of hydrogen-bond acceptors (Lipinski definition) is 3. The number of aliphatic imine (C=N–C) groups is 1. The first-order valence-electron chi connectivity index (χ1n) is 5.01. The van der Waals surface area contributed by atoms with Crippen molar-refractivity contribution in [3.63, 3.8) is 0 Å². The largest absolute Gasteiger partial charge is 0.385 e. The Bertz CT molecular complexity index is 161. The molecule has 0 amide bonds. The summed E-state index contributed by atoms with van der Waals surface area (Å²) < 4.78 is 4.98. The van der Waals surface area contributed by atoms with Gasteiger partial charge < -0.3 is 10.1 Å². The molecule has 0 rings (SSSR count). The van der Waals surface area contributed by atoms with Gasteiger partial charge in [0.2, 0.25) is 5.96 Å². The van der Waals surface area contributed by atoms with Crippen LogP contribution in [0.25, 0.3) is 0 Å². The number of methoxy groups -OCH3 is 1. The lowest BCUT2D eigenvalue weighted by atomic mass is 10.2. The van der Waals surface area contributed by atoms with Gasteiger partial charge in [-0.1, -0.05) is 6.92 Å². The number of hydrogen-bond donors (Lipinski definition) is 3. The monoisotopic (exact) mass is 202 g/mol.